The van der Waals surface area contributed by atoms with Gasteiger partial charge in [-0.2, -0.15) is 0 Å². The standard InChI is InChI=1S/C21H24ClN3O4/c1-4-29-12-18(26)25-8-7-15-14(11-25)10-24(3)21(28)19(15)20(27)23-17-6-5-13(2)9-16(17)22/h5-6,9-10H,4,7-8,11-12H2,1-3H3,(H,23,27). The fourth-order valence-corrected chi connectivity index (χ4v) is 3.71. The Bertz CT molecular complexity index is 1020. The highest BCUT2D eigenvalue weighted by molar-refractivity contribution is 6.34. The van der Waals surface area contributed by atoms with Gasteiger partial charge in [0, 0.05) is 32.9 Å². The van der Waals surface area contributed by atoms with Gasteiger partial charge in [0.05, 0.1) is 10.7 Å². The number of amides is 2. The average molecular weight is 418 g/mol. The molecule has 1 aliphatic rings. The van der Waals surface area contributed by atoms with Crippen molar-refractivity contribution < 1.29 is 14.3 Å². The highest BCUT2D eigenvalue weighted by atomic mass is 35.5. The topological polar surface area (TPSA) is 80.6 Å². The Labute approximate surface area is 174 Å². The Morgan fingerprint density at radius 3 is 2.76 bits per heavy atom. The summed E-state index contributed by atoms with van der Waals surface area (Å²) in [6.45, 7) is 4.99. The maximum atomic E-state index is 13.0. The number of aromatic nitrogens is 1. The summed E-state index contributed by atoms with van der Waals surface area (Å²) >= 11 is 6.22. The van der Waals surface area contributed by atoms with E-state index in [1.807, 2.05) is 19.9 Å². The Hall–Kier alpha value is -2.64. The highest BCUT2D eigenvalue weighted by Gasteiger charge is 2.27. The van der Waals surface area contributed by atoms with E-state index in [1.165, 1.54) is 4.57 Å². The molecule has 8 heteroatoms. The molecule has 1 aromatic heterocycles. The van der Waals surface area contributed by atoms with Gasteiger partial charge in [-0.3, -0.25) is 14.4 Å². The van der Waals surface area contributed by atoms with Gasteiger partial charge in [0.2, 0.25) is 5.91 Å². The van der Waals surface area contributed by atoms with Crippen LogP contribution in [0.1, 0.15) is 34.0 Å². The molecule has 1 aliphatic heterocycles. The first-order valence-electron chi connectivity index (χ1n) is 9.46. The third-order valence-corrected chi connectivity index (χ3v) is 5.26. The molecule has 7 nitrogen and oxygen atoms in total. The highest BCUT2D eigenvalue weighted by Crippen LogP contribution is 2.25. The van der Waals surface area contributed by atoms with Crippen molar-refractivity contribution in [2.45, 2.75) is 26.8 Å². The summed E-state index contributed by atoms with van der Waals surface area (Å²) in [4.78, 5) is 39.7. The lowest BCUT2D eigenvalue weighted by atomic mass is 9.96. The van der Waals surface area contributed by atoms with Crippen molar-refractivity contribution >= 4 is 29.1 Å². The second kappa shape index (κ2) is 8.80. The summed E-state index contributed by atoms with van der Waals surface area (Å²) in [5.41, 5.74) is 2.60. The molecule has 2 aromatic rings. The summed E-state index contributed by atoms with van der Waals surface area (Å²) in [5, 5.41) is 3.16. The van der Waals surface area contributed by atoms with Crippen molar-refractivity contribution in [2.75, 3.05) is 25.1 Å². The van der Waals surface area contributed by atoms with Crippen molar-refractivity contribution in [2.24, 2.45) is 7.05 Å². The molecule has 29 heavy (non-hydrogen) atoms. The first-order valence-corrected chi connectivity index (χ1v) is 9.84. The van der Waals surface area contributed by atoms with Crippen LogP contribution in [0.25, 0.3) is 0 Å². The fourth-order valence-electron chi connectivity index (χ4n) is 3.42. The fraction of sp³-hybridized carbons (Fsp3) is 0.381. The first-order chi connectivity index (χ1) is 13.8. The average Bonchev–Trinajstić information content (AvgIpc) is 2.68. The van der Waals surface area contributed by atoms with Gasteiger partial charge in [-0.05, 0) is 49.1 Å². The van der Waals surface area contributed by atoms with Gasteiger partial charge in [0.25, 0.3) is 11.5 Å². The largest absolute Gasteiger partial charge is 0.372 e. The third-order valence-electron chi connectivity index (χ3n) is 4.95. The Balaban J connectivity index is 1.91. The smallest absolute Gasteiger partial charge is 0.263 e. The van der Waals surface area contributed by atoms with E-state index in [2.05, 4.69) is 5.32 Å². The molecule has 0 radical (unpaired) electrons. The third kappa shape index (κ3) is 4.52. The molecule has 0 bridgehead atoms. The quantitative estimate of drug-likeness (QED) is 0.810. The van der Waals surface area contributed by atoms with E-state index < -0.39 is 5.91 Å². The summed E-state index contributed by atoms with van der Waals surface area (Å²) in [6.07, 6.45) is 2.11. The number of nitrogens with zero attached hydrogens (tertiary/aromatic N) is 2. The van der Waals surface area contributed by atoms with E-state index in [-0.39, 0.29) is 23.6 Å². The number of pyridine rings is 1. The van der Waals surface area contributed by atoms with Crippen LogP contribution in [0.2, 0.25) is 5.02 Å². The van der Waals surface area contributed by atoms with Crippen molar-refractivity contribution in [1.29, 1.82) is 0 Å². The van der Waals surface area contributed by atoms with Crippen LogP contribution >= 0.6 is 11.6 Å². The minimum absolute atomic E-state index is 0.0247. The minimum atomic E-state index is -0.498. The molecule has 0 unspecified atom stereocenters. The second-order valence-corrected chi connectivity index (χ2v) is 7.47. The molecule has 0 atom stereocenters. The monoisotopic (exact) mass is 417 g/mol. The number of ether oxygens (including phenoxy) is 1. The predicted molar refractivity (Wildman–Crippen MR) is 111 cm³/mol. The number of aryl methyl sites for hydroxylation is 2. The number of hydrogen-bond acceptors (Lipinski definition) is 4. The molecule has 1 aromatic carbocycles. The number of nitrogens with one attached hydrogen (secondary N) is 1. The molecule has 0 aliphatic carbocycles. The zero-order chi connectivity index (χ0) is 21.1. The number of hydrogen-bond donors (Lipinski definition) is 1. The minimum Gasteiger partial charge on any atom is -0.372 e. The molecule has 0 fully saturated rings. The van der Waals surface area contributed by atoms with Gasteiger partial charge in [0.1, 0.15) is 12.2 Å². The van der Waals surface area contributed by atoms with E-state index in [0.29, 0.717) is 42.4 Å². The number of anilines is 1. The van der Waals surface area contributed by atoms with Gasteiger partial charge in [0.15, 0.2) is 0 Å². The van der Waals surface area contributed by atoms with Gasteiger partial charge in [-0.1, -0.05) is 17.7 Å². The molecule has 0 saturated carbocycles. The van der Waals surface area contributed by atoms with Crippen LogP contribution in [0.5, 0.6) is 0 Å². The lowest BCUT2D eigenvalue weighted by Gasteiger charge is -2.30. The molecule has 154 valence electrons. The maximum absolute atomic E-state index is 13.0. The zero-order valence-electron chi connectivity index (χ0n) is 16.8. The van der Waals surface area contributed by atoms with Gasteiger partial charge in [-0.25, -0.2) is 0 Å². The van der Waals surface area contributed by atoms with Crippen molar-refractivity contribution in [3.63, 3.8) is 0 Å². The van der Waals surface area contributed by atoms with Crippen LogP contribution in [0.4, 0.5) is 5.69 Å². The molecule has 3 rings (SSSR count). The maximum Gasteiger partial charge on any atom is 0.263 e. The zero-order valence-corrected chi connectivity index (χ0v) is 17.5. The molecule has 2 amide bonds. The van der Waals surface area contributed by atoms with Crippen LogP contribution < -0.4 is 10.9 Å². The Kier molecular flexibility index (Phi) is 6.39. The van der Waals surface area contributed by atoms with E-state index in [1.54, 1.807) is 30.3 Å². The van der Waals surface area contributed by atoms with Crippen LogP contribution in [0, 0.1) is 6.92 Å². The number of benzene rings is 1. The Morgan fingerprint density at radius 1 is 1.31 bits per heavy atom. The summed E-state index contributed by atoms with van der Waals surface area (Å²) in [7, 11) is 1.60. The Morgan fingerprint density at radius 2 is 2.07 bits per heavy atom. The lowest BCUT2D eigenvalue weighted by molar-refractivity contribution is -0.136. The molecule has 2 heterocycles. The molecular weight excluding hydrogens is 394 g/mol. The summed E-state index contributed by atoms with van der Waals surface area (Å²) in [5.74, 6) is -0.605. The van der Waals surface area contributed by atoms with Crippen LogP contribution in [-0.2, 0) is 29.5 Å². The van der Waals surface area contributed by atoms with Crippen molar-refractivity contribution in [3.8, 4) is 0 Å². The molecule has 1 N–H and O–H groups in total. The molecule has 0 saturated heterocycles. The van der Waals surface area contributed by atoms with Gasteiger partial charge >= 0.3 is 0 Å². The number of rotatable bonds is 5. The van der Waals surface area contributed by atoms with Crippen LogP contribution in [0.3, 0.4) is 0 Å². The molecular formula is C21H24ClN3O4. The summed E-state index contributed by atoms with van der Waals surface area (Å²) < 4.78 is 6.58. The lowest BCUT2D eigenvalue weighted by Crippen LogP contribution is -2.41. The predicted octanol–water partition coefficient (Wildman–Crippen LogP) is 2.52. The summed E-state index contributed by atoms with van der Waals surface area (Å²) in [6, 6.07) is 5.29. The van der Waals surface area contributed by atoms with Crippen molar-refractivity contribution in [1.82, 2.24) is 9.47 Å². The van der Waals surface area contributed by atoms with E-state index in [0.717, 1.165) is 11.1 Å². The molecule has 0 spiro atoms. The second-order valence-electron chi connectivity index (χ2n) is 7.06. The van der Waals surface area contributed by atoms with Crippen LogP contribution in [-0.4, -0.2) is 41.0 Å². The van der Waals surface area contributed by atoms with Gasteiger partial charge in [-0.15, -0.1) is 0 Å². The van der Waals surface area contributed by atoms with Crippen LogP contribution in [0.15, 0.2) is 29.2 Å². The number of carbonyl (C=O) groups is 2. The number of carbonyl (C=O) groups excluding carboxylic acids is 2. The van der Waals surface area contributed by atoms with Gasteiger partial charge < -0.3 is 19.5 Å². The van der Waals surface area contributed by atoms with E-state index in [4.69, 9.17) is 16.3 Å². The number of halogens is 1. The normalized spacial score (nSPS) is 13.2. The SMILES string of the molecule is CCOCC(=O)N1CCc2c(cn(C)c(=O)c2C(=O)Nc2ccc(C)cc2Cl)C1. The van der Waals surface area contributed by atoms with E-state index in [9.17, 15) is 14.4 Å². The van der Waals surface area contributed by atoms with Crippen molar-refractivity contribution in [3.05, 3.63) is 62.0 Å². The van der Waals surface area contributed by atoms with E-state index >= 15 is 0 Å². The number of fused-ring (bicyclic) bond motifs is 1. The first kappa shape index (κ1) is 21.1.